The number of unbranched alkanes of at least 4 members (excludes halogenated alkanes) is 2. The molecule has 0 heteroatoms. The van der Waals surface area contributed by atoms with E-state index in [4.69, 9.17) is 0 Å². The van der Waals surface area contributed by atoms with Crippen LogP contribution in [0.3, 0.4) is 0 Å². The molecule has 0 aromatic heterocycles. The van der Waals surface area contributed by atoms with Gasteiger partial charge in [0.25, 0.3) is 0 Å². The summed E-state index contributed by atoms with van der Waals surface area (Å²) >= 11 is 0. The van der Waals surface area contributed by atoms with Crippen LogP contribution in [0.2, 0.25) is 0 Å². The summed E-state index contributed by atoms with van der Waals surface area (Å²) in [5.74, 6) is 0. The Labute approximate surface area is 41.6 Å². The molecule has 0 aliphatic heterocycles. The Morgan fingerprint density at radius 3 is 1.60 bits per heavy atom. The molecule has 0 bridgehead atoms. The van der Waals surface area contributed by atoms with Gasteiger partial charge in [0.2, 0.25) is 0 Å². The molecule has 0 fully saturated rings. The van der Waals surface area contributed by atoms with Gasteiger partial charge in [-0.25, -0.2) is 0 Å². The van der Waals surface area contributed by atoms with Gasteiger partial charge >= 0.3 is 0 Å². The summed E-state index contributed by atoms with van der Waals surface area (Å²) < 4.78 is 0. The fourth-order valence-electron chi connectivity index (χ4n) is 0.354. The van der Waals surface area contributed by atoms with Crippen molar-refractivity contribution in [2.24, 2.45) is 0 Å². The lowest BCUT2D eigenvalue weighted by atomic mass is 10.3. The monoisotopic (exact) mass is 82.2 g/mol. The van der Waals surface area contributed by atoms with Crippen LogP contribution in [0.1, 0.15) is 40.2 Å². The maximum absolute atomic E-state index is 2.21. The fourth-order valence-corrected chi connectivity index (χ4v) is 0.354. The first-order valence-electron chi connectivity index (χ1n) is 2.41. The third-order valence-electron chi connectivity index (χ3n) is 0.707. The van der Waals surface area contributed by atoms with Crippen LogP contribution in [-0.2, 0) is 0 Å². The first-order chi connectivity index (χ1) is 2.41. The smallest absolute Gasteiger partial charge is 0 e. The third-order valence-corrected chi connectivity index (χ3v) is 0.707. The largest absolute Gasteiger partial charge is 0.0654 e. The quantitative estimate of drug-likeness (QED) is 0.478. The maximum Gasteiger partial charge on any atom is 0 e. The third kappa shape index (κ3) is 4.00. The van der Waals surface area contributed by atoms with Gasteiger partial charge in [-0.3, -0.25) is 0 Å². The molecular weight excluding hydrogens is 60.1 g/mol. The lowest BCUT2D eigenvalue weighted by Crippen LogP contribution is -1.59. The van der Waals surface area contributed by atoms with Crippen molar-refractivity contribution in [3.05, 3.63) is 0 Å². The zero-order valence-corrected chi connectivity index (χ0v) is 4.12. The maximum atomic E-state index is 2.21. The molecule has 0 saturated carbocycles. The zero-order chi connectivity index (χ0) is 4.12. The molecule has 0 aromatic carbocycles. The minimum atomic E-state index is 0. The van der Waals surface area contributed by atoms with Crippen LogP contribution < -0.4 is 0 Å². The van der Waals surface area contributed by atoms with Crippen LogP contribution in [-0.4, -0.2) is 0 Å². The van der Waals surface area contributed by atoms with E-state index in [1.165, 1.54) is 19.3 Å². The SMILES string of the molecule is CCCCC.[HH].[HH].[HH].[HH].[HH]. The standard InChI is InChI=1S/C5H12.5H2/c1-3-5-4-2;;;;;/h3-5H2,1-2H3;5*1H. The minimum Gasteiger partial charge on any atom is -0.0654 e. The van der Waals surface area contributed by atoms with E-state index in [1.807, 2.05) is 0 Å². The van der Waals surface area contributed by atoms with Crippen LogP contribution >= 0.6 is 0 Å². The molecule has 0 aliphatic carbocycles. The lowest BCUT2D eigenvalue weighted by molar-refractivity contribution is 0.772. The van der Waals surface area contributed by atoms with Gasteiger partial charge in [-0.1, -0.05) is 33.1 Å². The van der Waals surface area contributed by atoms with Crippen molar-refractivity contribution in [2.45, 2.75) is 33.1 Å². The highest BCUT2D eigenvalue weighted by Gasteiger charge is 1.68. The molecule has 0 atom stereocenters. The molecule has 0 aliphatic rings. The van der Waals surface area contributed by atoms with Crippen LogP contribution in [0.5, 0.6) is 0 Å². The van der Waals surface area contributed by atoms with E-state index in [2.05, 4.69) is 13.8 Å². The van der Waals surface area contributed by atoms with E-state index in [0.717, 1.165) is 0 Å². The average Bonchev–Trinajstić information content (AvgIpc) is 1.41. The summed E-state index contributed by atoms with van der Waals surface area (Å²) in [7, 11) is 0. The summed E-state index contributed by atoms with van der Waals surface area (Å²) in [4.78, 5) is 0. The highest BCUT2D eigenvalue weighted by molar-refractivity contribution is 4.24. The molecule has 0 N–H and O–H groups in total. The molecule has 0 spiro atoms. The van der Waals surface area contributed by atoms with Crippen LogP contribution in [0.25, 0.3) is 0 Å². The van der Waals surface area contributed by atoms with E-state index in [-0.39, 0.29) is 7.13 Å². The van der Waals surface area contributed by atoms with Gasteiger partial charge in [0.05, 0.1) is 0 Å². The number of rotatable bonds is 2. The summed E-state index contributed by atoms with van der Waals surface area (Å²) in [5, 5.41) is 0. The summed E-state index contributed by atoms with van der Waals surface area (Å²) in [6, 6.07) is 0. The molecule has 0 heterocycles. The van der Waals surface area contributed by atoms with Crippen molar-refractivity contribution in [3.8, 4) is 0 Å². The van der Waals surface area contributed by atoms with Crippen LogP contribution in [0.15, 0.2) is 0 Å². The van der Waals surface area contributed by atoms with Crippen LogP contribution in [0.4, 0.5) is 0 Å². The Kier molecular flexibility index (Phi) is 4.00. The van der Waals surface area contributed by atoms with Crippen molar-refractivity contribution in [1.82, 2.24) is 0 Å². The Hall–Kier alpha value is 0. The van der Waals surface area contributed by atoms with E-state index < -0.39 is 0 Å². The fraction of sp³-hybridized carbons (Fsp3) is 1.00. The molecule has 0 saturated heterocycles. The first-order valence-corrected chi connectivity index (χ1v) is 2.41. The molecule has 5 heavy (non-hydrogen) atoms. The van der Waals surface area contributed by atoms with E-state index >= 15 is 0 Å². The number of hydrogen-bond donors (Lipinski definition) is 0. The summed E-state index contributed by atoms with van der Waals surface area (Å²) in [6.45, 7) is 4.42. The molecule has 0 nitrogen and oxygen atoms in total. The Bertz CT molecular complexity index is 17.5. The molecule has 0 rings (SSSR count). The van der Waals surface area contributed by atoms with Crippen molar-refractivity contribution < 1.29 is 7.13 Å². The van der Waals surface area contributed by atoms with Crippen molar-refractivity contribution in [3.63, 3.8) is 0 Å². The molecule has 0 unspecified atom stereocenters. The van der Waals surface area contributed by atoms with E-state index in [1.54, 1.807) is 0 Å². The topological polar surface area (TPSA) is 0 Å². The van der Waals surface area contributed by atoms with E-state index in [0.29, 0.717) is 0 Å². The Balaban J connectivity index is -0.00000000800. The van der Waals surface area contributed by atoms with Gasteiger partial charge in [0, 0.05) is 7.13 Å². The van der Waals surface area contributed by atoms with Gasteiger partial charge in [-0.2, -0.15) is 0 Å². The minimum absolute atomic E-state index is 0. The highest BCUT2D eigenvalue weighted by Crippen LogP contribution is 1.88. The Morgan fingerprint density at radius 2 is 1.60 bits per heavy atom. The van der Waals surface area contributed by atoms with Gasteiger partial charge in [-0.05, 0) is 0 Å². The van der Waals surface area contributed by atoms with Gasteiger partial charge < -0.3 is 0 Å². The van der Waals surface area contributed by atoms with Crippen LogP contribution in [0, 0.1) is 0 Å². The first kappa shape index (κ1) is 5.00. The second-order valence-corrected chi connectivity index (χ2v) is 1.35. The van der Waals surface area contributed by atoms with Gasteiger partial charge in [-0.15, -0.1) is 0 Å². The summed E-state index contributed by atoms with van der Waals surface area (Å²) in [6.07, 6.45) is 4.08. The molecular formula is C5H22. The molecule has 42 valence electrons. The predicted molar refractivity (Wildman–Crippen MR) is 35.8 cm³/mol. The zero-order valence-electron chi connectivity index (χ0n) is 4.12. The van der Waals surface area contributed by atoms with Crippen molar-refractivity contribution >= 4 is 0 Å². The highest BCUT2D eigenvalue weighted by atomic mass is 13.7. The Morgan fingerprint density at radius 1 is 1.20 bits per heavy atom. The van der Waals surface area contributed by atoms with Crippen molar-refractivity contribution in [2.75, 3.05) is 0 Å². The van der Waals surface area contributed by atoms with Crippen molar-refractivity contribution in [1.29, 1.82) is 0 Å². The normalized spacial score (nSPS) is 8.40. The average molecular weight is 82.2 g/mol. The number of hydrogen-bond acceptors (Lipinski definition) is 0. The predicted octanol–water partition coefficient (Wildman–Crippen LogP) is 3.43. The van der Waals surface area contributed by atoms with Gasteiger partial charge in [0.1, 0.15) is 0 Å². The summed E-state index contributed by atoms with van der Waals surface area (Å²) in [5.41, 5.74) is 0. The molecule has 0 radical (unpaired) electrons. The lowest BCUT2D eigenvalue weighted by Gasteiger charge is -1.79. The van der Waals surface area contributed by atoms with Gasteiger partial charge in [0.15, 0.2) is 0 Å². The van der Waals surface area contributed by atoms with E-state index in [9.17, 15) is 0 Å². The second-order valence-electron chi connectivity index (χ2n) is 1.35. The second kappa shape index (κ2) is 4.00. The molecule has 0 aromatic rings. The molecule has 0 amide bonds.